The molecule has 0 saturated carbocycles. The quantitative estimate of drug-likeness (QED) is 0.844. The maximum absolute atomic E-state index is 12.5. The number of anilines is 1. The summed E-state index contributed by atoms with van der Waals surface area (Å²) in [6, 6.07) is 10.3. The third-order valence-corrected chi connectivity index (χ3v) is 5.94. The molecule has 0 radical (unpaired) electrons. The van der Waals surface area contributed by atoms with Crippen LogP contribution in [0.4, 0.5) is 5.69 Å². The molecule has 2 aromatic rings. The third kappa shape index (κ3) is 4.08. The van der Waals surface area contributed by atoms with E-state index < -0.39 is 10.0 Å². The Balaban J connectivity index is 1.86. The lowest BCUT2D eigenvalue weighted by atomic mass is 10.2. The third-order valence-electron chi connectivity index (χ3n) is 3.97. The van der Waals surface area contributed by atoms with Crippen molar-refractivity contribution in [2.45, 2.75) is 17.7 Å². The average Bonchev–Trinajstić information content (AvgIpc) is 3.11. The van der Waals surface area contributed by atoms with E-state index in [2.05, 4.69) is 4.72 Å². The lowest BCUT2D eigenvalue weighted by Crippen LogP contribution is -2.28. The number of rotatable bonds is 4. The summed E-state index contributed by atoms with van der Waals surface area (Å²) in [4.78, 5) is 14.3. The van der Waals surface area contributed by atoms with Crippen LogP contribution >= 0.6 is 23.2 Å². The molecule has 1 N–H and O–H groups in total. The van der Waals surface area contributed by atoms with Crippen molar-refractivity contribution in [1.82, 2.24) is 4.90 Å². The summed E-state index contributed by atoms with van der Waals surface area (Å²) in [7, 11) is -3.78. The normalized spacial score (nSPS) is 14.6. The Morgan fingerprint density at radius 3 is 2.28 bits per heavy atom. The Bertz CT molecular complexity index is 893. The highest BCUT2D eigenvalue weighted by molar-refractivity contribution is 7.92. The Kier molecular flexibility index (Phi) is 5.22. The first kappa shape index (κ1) is 18.0. The van der Waals surface area contributed by atoms with Gasteiger partial charge in [0.05, 0.1) is 15.5 Å². The maximum atomic E-state index is 12.5. The highest BCUT2D eigenvalue weighted by Crippen LogP contribution is 2.25. The predicted octanol–water partition coefficient (Wildman–Crippen LogP) is 4.03. The molecule has 132 valence electrons. The Hall–Kier alpha value is -1.76. The summed E-state index contributed by atoms with van der Waals surface area (Å²) in [6.45, 7) is 1.38. The van der Waals surface area contributed by atoms with Gasteiger partial charge in [-0.2, -0.15) is 0 Å². The molecule has 1 heterocycles. The van der Waals surface area contributed by atoms with E-state index in [1.165, 1.54) is 42.5 Å². The minimum absolute atomic E-state index is 0.0827. The number of benzene rings is 2. The van der Waals surface area contributed by atoms with Gasteiger partial charge in [-0.1, -0.05) is 23.2 Å². The number of amides is 1. The number of hydrogen-bond donors (Lipinski definition) is 1. The second-order valence-corrected chi connectivity index (χ2v) is 8.28. The van der Waals surface area contributed by atoms with Crippen molar-refractivity contribution in [3.05, 3.63) is 58.1 Å². The fourth-order valence-electron chi connectivity index (χ4n) is 2.67. The van der Waals surface area contributed by atoms with E-state index in [1.807, 2.05) is 0 Å². The van der Waals surface area contributed by atoms with Crippen molar-refractivity contribution in [1.29, 1.82) is 0 Å². The lowest BCUT2D eigenvalue weighted by molar-refractivity contribution is 0.0793. The van der Waals surface area contributed by atoms with Crippen molar-refractivity contribution >= 4 is 44.8 Å². The molecule has 8 heteroatoms. The number of sulfonamides is 1. The van der Waals surface area contributed by atoms with E-state index in [0.29, 0.717) is 28.7 Å². The first-order valence-corrected chi connectivity index (χ1v) is 9.98. The van der Waals surface area contributed by atoms with Crippen molar-refractivity contribution < 1.29 is 13.2 Å². The zero-order valence-corrected chi connectivity index (χ0v) is 15.5. The van der Waals surface area contributed by atoms with E-state index in [9.17, 15) is 13.2 Å². The summed E-state index contributed by atoms with van der Waals surface area (Å²) in [5, 5.41) is 0.746. The first-order chi connectivity index (χ1) is 11.9. The molecule has 0 unspecified atom stereocenters. The second kappa shape index (κ2) is 7.23. The Morgan fingerprint density at radius 2 is 1.64 bits per heavy atom. The standard InChI is InChI=1S/C17H16Cl2N2O3S/c18-12-3-6-14(7-4-12)25(23,24)20-13-5-8-16(19)15(11-13)17(22)21-9-1-2-10-21/h3-8,11,20H,1-2,9-10H2. The molecular weight excluding hydrogens is 383 g/mol. The molecule has 1 fully saturated rings. The van der Waals surface area contributed by atoms with E-state index >= 15 is 0 Å². The van der Waals surface area contributed by atoms with Gasteiger partial charge in [-0.25, -0.2) is 8.42 Å². The maximum Gasteiger partial charge on any atom is 0.261 e. The number of nitrogens with zero attached hydrogens (tertiary/aromatic N) is 1. The largest absolute Gasteiger partial charge is 0.339 e. The fraction of sp³-hybridized carbons (Fsp3) is 0.235. The Labute approximate surface area is 156 Å². The van der Waals surface area contributed by atoms with Crippen LogP contribution in [-0.4, -0.2) is 32.3 Å². The number of likely N-dealkylation sites (tertiary alicyclic amines) is 1. The predicted molar refractivity (Wildman–Crippen MR) is 98.9 cm³/mol. The van der Waals surface area contributed by atoms with Gasteiger partial charge in [0.2, 0.25) is 0 Å². The molecule has 25 heavy (non-hydrogen) atoms. The van der Waals surface area contributed by atoms with Gasteiger partial charge in [-0.15, -0.1) is 0 Å². The van der Waals surface area contributed by atoms with Crippen LogP contribution in [0.2, 0.25) is 10.0 Å². The minimum Gasteiger partial charge on any atom is -0.339 e. The zero-order valence-electron chi connectivity index (χ0n) is 13.2. The molecule has 0 aliphatic carbocycles. The van der Waals surface area contributed by atoms with Gasteiger partial charge < -0.3 is 4.90 Å². The van der Waals surface area contributed by atoms with Gasteiger partial charge in [-0.05, 0) is 55.3 Å². The monoisotopic (exact) mass is 398 g/mol. The second-order valence-electron chi connectivity index (χ2n) is 5.75. The van der Waals surface area contributed by atoms with Gasteiger partial charge in [0.1, 0.15) is 0 Å². The van der Waals surface area contributed by atoms with E-state index in [4.69, 9.17) is 23.2 Å². The van der Waals surface area contributed by atoms with Crippen LogP contribution in [-0.2, 0) is 10.0 Å². The number of hydrogen-bond acceptors (Lipinski definition) is 3. The van der Waals surface area contributed by atoms with Crippen molar-refractivity contribution in [2.24, 2.45) is 0 Å². The van der Waals surface area contributed by atoms with Gasteiger partial charge in [0.25, 0.3) is 15.9 Å². The molecule has 3 rings (SSSR count). The Morgan fingerprint density at radius 1 is 1.00 bits per heavy atom. The van der Waals surface area contributed by atoms with E-state index in [-0.39, 0.29) is 16.5 Å². The van der Waals surface area contributed by atoms with Crippen LogP contribution in [0.25, 0.3) is 0 Å². The molecular formula is C17H16Cl2N2O3S. The topological polar surface area (TPSA) is 66.5 Å². The SMILES string of the molecule is O=C(c1cc(NS(=O)(=O)c2ccc(Cl)cc2)ccc1Cl)N1CCCC1. The van der Waals surface area contributed by atoms with Crippen LogP contribution in [0.3, 0.4) is 0 Å². The number of halogens is 2. The summed E-state index contributed by atoms with van der Waals surface area (Å²) in [6.07, 6.45) is 1.93. The van der Waals surface area contributed by atoms with Crippen molar-refractivity contribution in [3.8, 4) is 0 Å². The van der Waals surface area contributed by atoms with Crippen LogP contribution in [0, 0.1) is 0 Å². The highest BCUT2D eigenvalue weighted by atomic mass is 35.5. The summed E-state index contributed by atoms with van der Waals surface area (Å²) >= 11 is 11.9. The first-order valence-electron chi connectivity index (χ1n) is 7.74. The number of carbonyl (C=O) groups is 1. The summed E-state index contributed by atoms with van der Waals surface area (Å²) in [5.74, 6) is -0.185. The molecule has 1 amide bonds. The molecule has 0 spiro atoms. The van der Waals surface area contributed by atoms with Gasteiger partial charge >= 0.3 is 0 Å². The number of carbonyl (C=O) groups excluding carboxylic acids is 1. The van der Waals surface area contributed by atoms with Crippen LogP contribution < -0.4 is 4.72 Å². The van der Waals surface area contributed by atoms with E-state index in [0.717, 1.165) is 12.8 Å². The molecule has 1 aliphatic heterocycles. The molecule has 2 aromatic carbocycles. The summed E-state index contributed by atoms with van der Waals surface area (Å²) < 4.78 is 27.4. The van der Waals surface area contributed by atoms with Crippen LogP contribution in [0.1, 0.15) is 23.2 Å². The molecule has 1 saturated heterocycles. The summed E-state index contributed by atoms with van der Waals surface area (Å²) in [5.41, 5.74) is 0.571. The van der Waals surface area contributed by atoms with Gasteiger partial charge in [-0.3, -0.25) is 9.52 Å². The molecule has 1 aliphatic rings. The van der Waals surface area contributed by atoms with Crippen LogP contribution in [0.15, 0.2) is 47.4 Å². The zero-order chi connectivity index (χ0) is 18.0. The molecule has 5 nitrogen and oxygen atoms in total. The lowest BCUT2D eigenvalue weighted by Gasteiger charge is -2.17. The van der Waals surface area contributed by atoms with Crippen LogP contribution in [0.5, 0.6) is 0 Å². The smallest absolute Gasteiger partial charge is 0.261 e. The average molecular weight is 399 g/mol. The molecule has 0 atom stereocenters. The number of nitrogens with one attached hydrogen (secondary N) is 1. The highest BCUT2D eigenvalue weighted by Gasteiger charge is 2.22. The van der Waals surface area contributed by atoms with Crippen molar-refractivity contribution in [2.75, 3.05) is 17.8 Å². The fourth-order valence-corrected chi connectivity index (χ4v) is 4.04. The molecule has 0 aromatic heterocycles. The van der Waals surface area contributed by atoms with Crippen molar-refractivity contribution in [3.63, 3.8) is 0 Å². The van der Waals surface area contributed by atoms with E-state index in [1.54, 1.807) is 4.90 Å². The minimum atomic E-state index is -3.78. The van der Waals surface area contributed by atoms with Gasteiger partial charge in [0.15, 0.2) is 0 Å². The molecule has 0 bridgehead atoms. The van der Waals surface area contributed by atoms with Gasteiger partial charge in [0, 0.05) is 23.8 Å².